The molecule has 0 fully saturated rings. The Hall–Kier alpha value is -2.69. The van der Waals surface area contributed by atoms with Crippen molar-refractivity contribution in [2.45, 2.75) is 32.3 Å². The van der Waals surface area contributed by atoms with Crippen LogP contribution in [0.3, 0.4) is 0 Å². The van der Waals surface area contributed by atoms with Crippen LogP contribution in [-0.4, -0.2) is 31.8 Å². The van der Waals surface area contributed by atoms with Crippen LogP contribution in [0.15, 0.2) is 48.5 Å². The molecular weight excluding hydrogens is 330 g/mol. The zero-order valence-corrected chi connectivity index (χ0v) is 15.2. The SMILES string of the molecule is CCC(C)c1ccccc1OCC(=O)NCC1COc2ccccc2O1. The largest absolute Gasteiger partial charge is 0.486 e. The number of benzene rings is 2. The summed E-state index contributed by atoms with van der Waals surface area (Å²) in [5.41, 5.74) is 1.13. The molecular formula is C21H25NO4. The summed E-state index contributed by atoms with van der Waals surface area (Å²) in [6, 6.07) is 15.4. The van der Waals surface area contributed by atoms with E-state index in [1.807, 2.05) is 48.5 Å². The predicted molar refractivity (Wildman–Crippen MR) is 100 cm³/mol. The number of fused-ring (bicyclic) bond motifs is 1. The number of carbonyl (C=O) groups excluding carboxylic acids is 1. The van der Waals surface area contributed by atoms with E-state index in [9.17, 15) is 4.79 Å². The van der Waals surface area contributed by atoms with Gasteiger partial charge in [0.2, 0.25) is 0 Å². The van der Waals surface area contributed by atoms with Crippen LogP contribution in [0.5, 0.6) is 17.2 Å². The predicted octanol–water partition coefficient (Wildman–Crippen LogP) is 3.54. The Morgan fingerprint density at radius 1 is 1.19 bits per heavy atom. The Morgan fingerprint density at radius 3 is 2.73 bits per heavy atom. The summed E-state index contributed by atoms with van der Waals surface area (Å²) in [7, 11) is 0. The topological polar surface area (TPSA) is 56.8 Å². The first-order valence-corrected chi connectivity index (χ1v) is 9.04. The van der Waals surface area contributed by atoms with E-state index in [4.69, 9.17) is 14.2 Å². The maximum atomic E-state index is 12.1. The highest BCUT2D eigenvalue weighted by atomic mass is 16.6. The average molecular weight is 355 g/mol. The zero-order chi connectivity index (χ0) is 18.4. The molecule has 2 unspecified atom stereocenters. The average Bonchev–Trinajstić information content (AvgIpc) is 2.70. The van der Waals surface area contributed by atoms with E-state index in [1.54, 1.807) is 0 Å². The fourth-order valence-electron chi connectivity index (χ4n) is 2.82. The van der Waals surface area contributed by atoms with Crippen molar-refractivity contribution in [2.75, 3.05) is 19.8 Å². The van der Waals surface area contributed by atoms with Gasteiger partial charge in [0, 0.05) is 0 Å². The van der Waals surface area contributed by atoms with E-state index in [-0.39, 0.29) is 18.6 Å². The molecule has 2 aromatic carbocycles. The third kappa shape index (κ3) is 4.48. The first-order chi connectivity index (χ1) is 12.7. The molecule has 26 heavy (non-hydrogen) atoms. The highest BCUT2D eigenvalue weighted by Crippen LogP contribution is 2.30. The number of hydrogen-bond donors (Lipinski definition) is 1. The molecule has 2 aromatic rings. The summed E-state index contributed by atoms with van der Waals surface area (Å²) in [6.45, 7) is 5.06. The van der Waals surface area contributed by atoms with E-state index in [0.29, 0.717) is 24.8 Å². The first kappa shape index (κ1) is 18.1. The Labute approximate surface area is 154 Å². The summed E-state index contributed by atoms with van der Waals surface area (Å²) >= 11 is 0. The minimum absolute atomic E-state index is 0.0163. The third-order valence-corrected chi connectivity index (χ3v) is 4.52. The Kier molecular flexibility index (Phi) is 6.00. The molecule has 1 N–H and O–H groups in total. The molecule has 0 bridgehead atoms. The maximum absolute atomic E-state index is 12.1. The van der Waals surface area contributed by atoms with Crippen molar-refractivity contribution in [3.63, 3.8) is 0 Å². The molecule has 0 aliphatic carbocycles. The number of rotatable bonds is 7. The second kappa shape index (κ2) is 8.61. The van der Waals surface area contributed by atoms with Gasteiger partial charge < -0.3 is 19.5 Å². The maximum Gasteiger partial charge on any atom is 0.258 e. The van der Waals surface area contributed by atoms with Gasteiger partial charge in [-0.05, 0) is 36.1 Å². The molecule has 0 saturated heterocycles. The van der Waals surface area contributed by atoms with E-state index in [2.05, 4.69) is 19.2 Å². The van der Waals surface area contributed by atoms with Gasteiger partial charge in [0.25, 0.3) is 5.91 Å². The summed E-state index contributed by atoms with van der Waals surface area (Å²) in [5.74, 6) is 2.42. The molecule has 2 atom stereocenters. The number of ether oxygens (including phenoxy) is 3. The summed E-state index contributed by atoms with van der Waals surface area (Å²) in [4.78, 5) is 12.1. The molecule has 1 aliphatic heterocycles. The Morgan fingerprint density at radius 2 is 1.92 bits per heavy atom. The van der Waals surface area contributed by atoms with Crippen LogP contribution in [0.25, 0.3) is 0 Å². The smallest absolute Gasteiger partial charge is 0.258 e. The summed E-state index contributed by atoms with van der Waals surface area (Å²) in [6.07, 6.45) is 0.814. The molecule has 0 saturated carbocycles. The minimum atomic E-state index is -0.207. The lowest BCUT2D eigenvalue weighted by Gasteiger charge is -2.26. The monoisotopic (exact) mass is 355 g/mol. The second-order valence-corrected chi connectivity index (χ2v) is 6.44. The van der Waals surface area contributed by atoms with Crippen LogP contribution in [0.4, 0.5) is 0 Å². The lowest BCUT2D eigenvalue weighted by Crippen LogP contribution is -2.42. The van der Waals surface area contributed by atoms with Crippen LogP contribution < -0.4 is 19.5 Å². The fourth-order valence-corrected chi connectivity index (χ4v) is 2.82. The molecule has 5 nitrogen and oxygen atoms in total. The van der Waals surface area contributed by atoms with Crippen molar-refractivity contribution in [1.82, 2.24) is 5.32 Å². The van der Waals surface area contributed by atoms with E-state index in [0.717, 1.165) is 23.5 Å². The highest BCUT2D eigenvalue weighted by Gasteiger charge is 2.21. The van der Waals surface area contributed by atoms with Gasteiger partial charge in [-0.15, -0.1) is 0 Å². The van der Waals surface area contributed by atoms with Crippen molar-refractivity contribution in [2.24, 2.45) is 0 Å². The first-order valence-electron chi connectivity index (χ1n) is 9.04. The van der Waals surface area contributed by atoms with Gasteiger partial charge in [-0.1, -0.05) is 44.2 Å². The lowest BCUT2D eigenvalue weighted by atomic mass is 9.98. The number of nitrogens with one attached hydrogen (secondary N) is 1. The summed E-state index contributed by atoms with van der Waals surface area (Å²) in [5, 5.41) is 2.85. The van der Waals surface area contributed by atoms with Gasteiger partial charge in [-0.3, -0.25) is 4.79 Å². The van der Waals surface area contributed by atoms with Crippen LogP contribution in [0.2, 0.25) is 0 Å². The second-order valence-electron chi connectivity index (χ2n) is 6.44. The minimum Gasteiger partial charge on any atom is -0.486 e. The third-order valence-electron chi connectivity index (χ3n) is 4.52. The molecule has 0 aromatic heterocycles. The zero-order valence-electron chi connectivity index (χ0n) is 15.2. The molecule has 1 amide bonds. The van der Waals surface area contributed by atoms with Crippen LogP contribution >= 0.6 is 0 Å². The molecule has 3 rings (SSSR count). The number of carbonyl (C=O) groups is 1. The van der Waals surface area contributed by atoms with Crippen molar-refractivity contribution < 1.29 is 19.0 Å². The van der Waals surface area contributed by atoms with Crippen LogP contribution in [0, 0.1) is 0 Å². The standard InChI is InChI=1S/C21H25NO4/c1-3-15(2)17-8-4-5-9-18(17)25-14-21(23)22-12-16-13-24-19-10-6-7-11-20(19)26-16/h4-11,15-16H,3,12-14H2,1-2H3,(H,22,23). The van der Waals surface area contributed by atoms with Gasteiger partial charge in [0.05, 0.1) is 6.54 Å². The van der Waals surface area contributed by atoms with Gasteiger partial charge in [0.15, 0.2) is 18.1 Å². The molecule has 5 heteroatoms. The molecule has 1 aliphatic rings. The molecule has 0 spiro atoms. The molecule has 0 radical (unpaired) electrons. The van der Waals surface area contributed by atoms with Crippen molar-refractivity contribution in [1.29, 1.82) is 0 Å². The molecule has 1 heterocycles. The van der Waals surface area contributed by atoms with Crippen molar-refractivity contribution in [3.8, 4) is 17.2 Å². The fraction of sp³-hybridized carbons (Fsp3) is 0.381. The normalized spacial score (nSPS) is 16.6. The van der Waals surface area contributed by atoms with E-state index in [1.165, 1.54) is 0 Å². The van der Waals surface area contributed by atoms with Crippen LogP contribution in [0.1, 0.15) is 31.7 Å². The summed E-state index contributed by atoms with van der Waals surface area (Å²) < 4.78 is 17.2. The number of para-hydroxylation sites is 3. The number of hydrogen-bond acceptors (Lipinski definition) is 4. The Bertz CT molecular complexity index is 746. The quantitative estimate of drug-likeness (QED) is 0.825. The highest BCUT2D eigenvalue weighted by molar-refractivity contribution is 5.77. The van der Waals surface area contributed by atoms with Crippen molar-refractivity contribution >= 4 is 5.91 Å². The molecule has 138 valence electrons. The van der Waals surface area contributed by atoms with Gasteiger partial charge >= 0.3 is 0 Å². The van der Waals surface area contributed by atoms with Gasteiger partial charge in [-0.2, -0.15) is 0 Å². The van der Waals surface area contributed by atoms with Gasteiger partial charge in [-0.25, -0.2) is 0 Å². The Balaban J connectivity index is 1.47. The van der Waals surface area contributed by atoms with Gasteiger partial charge in [0.1, 0.15) is 18.5 Å². The van der Waals surface area contributed by atoms with Crippen LogP contribution in [-0.2, 0) is 4.79 Å². The van der Waals surface area contributed by atoms with Crippen molar-refractivity contribution in [3.05, 3.63) is 54.1 Å². The van der Waals surface area contributed by atoms with E-state index >= 15 is 0 Å². The van der Waals surface area contributed by atoms with E-state index < -0.39 is 0 Å². The number of amides is 1. The lowest BCUT2D eigenvalue weighted by molar-refractivity contribution is -0.123.